The molecule has 5 heteroatoms. The molecule has 0 aliphatic carbocycles. The maximum absolute atomic E-state index is 11.5. The molecule has 70 valence electrons. The van der Waals surface area contributed by atoms with E-state index in [0.29, 0.717) is 6.54 Å². The van der Waals surface area contributed by atoms with Crippen molar-refractivity contribution >= 4 is 21.8 Å². The number of aromatic nitrogens is 2. The van der Waals surface area contributed by atoms with E-state index in [9.17, 15) is 4.79 Å². The molecule has 0 spiro atoms. The number of carbonyl (C=O) groups excluding carboxylic acids is 1. The third kappa shape index (κ3) is 1.91. The summed E-state index contributed by atoms with van der Waals surface area (Å²) < 4.78 is 2.55. The van der Waals surface area contributed by atoms with Gasteiger partial charge in [0.2, 0.25) is 5.91 Å². The van der Waals surface area contributed by atoms with E-state index in [1.54, 1.807) is 17.1 Å². The fourth-order valence-corrected chi connectivity index (χ4v) is 1.56. The van der Waals surface area contributed by atoms with Crippen molar-refractivity contribution in [1.82, 2.24) is 14.7 Å². The number of nitrogens with zero attached hydrogens (tertiary/aromatic N) is 3. The maximum atomic E-state index is 11.5. The lowest BCUT2D eigenvalue weighted by Gasteiger charge is -2.30. The zero-order chi connectivity index (χ0) is 9.26. The molecule has 0 unspecified atom stereocenters. The monoisotopic (exact) mass is 243 g/mol. The summed E-state index contributed by atoms with van der Waals surface area (Å²) in [6, 6.07) is 0. The standard InChI is InChI=1S/C8H10BrN3O/c9-7-4-10-12(5-7)6-8(13)11-2-1-3-11/h4-5H,1-3,6H2. The molecule has 0 radical (unpaired) electrons. The first-order valence-corrected chi connectivity index (χ1v) is 5.01. The molecule has 1 amide bonds. The fraction of sp³-hybridized carbons (Fsp3) is 0.500. The van der Waals surface area contributed by atoms with Crippen molar-refractivity contribution in [3.8, 4) is 0 Å². The highest BCUT2D eigenvalue weighted by Crippen LogP contribution is 2.09. The lowest BCUT2D eigenvalue weighted by Crippen LogP contribution is -2.43. The van der Waals surface area contributed by atoms with E-state index >= 15 is 0 Å². The predicted molar refractivity (Wildman–Crippen MR) is 51.1 cm³/mol. The molecule has 0 saturated carbocycles. The second kappa shape index (κ2) is 3.49. The lowest BCUT2D eigenvalue weighted by molar-refractivity contribution is -0.135. The maximum Gasteiger partial charge on any atom is 0.244 e. The van der Waals surface area contributed by atoms with Crippen molar-refractivity contribution in [2.75, 3.05) is 13.1 Å². The minimum Gasteiger partial charge on any atom is -0.341 e. The summed E-state index contributed by atoms with van der Waals surface area (Å²) in [5.74, 6) is 0.154. The van der Waals surface area contributed by atoms with Crippen molar-refractivity contribution < 1.29 is 4.79 Å². The molecule has 0 aromatic carbocycles. The van der Waals surface area contributed by atoms with Gasteiger partial charge < -0.3 is 4.90 Å². The molecule has 2 heterocycles. The van der Waals surface area contributed by atoms with Gasteiger partial charge in [-0.15, -0.1) is 0 Å². The van der Waals surface area contributed by atoms with Gasteiger partial charge in [0.05, 0.1) is 10.7 Å². The SMILES string of the molecule is O=C(Cn1cc(Br)cn1)N1CCC1. The number of hydrogen-bond acceptors (Lipinski definition) is 2. The van der Waals surface area contributed by atoms with Crippen molar-refractivity contribution in [2.45, 2.75) is 13.0 Å². The van der Waals surface area contributed by atoms with Crippen LogP contribution in [0.1, 0.15) is 6.42 Å². The van der Waals surface area contributed by atoms with Gasteiger partial charge in [0.15, 0.2) is 0 Å². The smallest absolute Gasteiger partial charge is 0.244 e. The van der Waals surface area contributed by atoms with Crippen LogP contribution in [0, 0.1) is 0 Å². The normalized spacial score (nSPS) is 15.6. The van der Waals surface area contributed by atoms with Gasteiger partial charge in [0, 0.05) is 19.3 Å². The van der Waals surface area contributed by atoms with Gasteiger partial charge in [0.1, 0.15) is 6.54 Å². The highest BCUT2D eigenvalue weighted by molar-refractivity contribution is 9.10. The van der Waals surface area contributed by atoms with Crippen LogP contribution < -0.4 is 0 Å². The Balaban J connectivity index is 1.93. The molecular weight excluding hydrogens is 234 g/mol. The van der Waals surface area contributed by atoms with Gasteiger partial charge >= 0.3 is 0 Å². The zero-order valence-electron chi connectivity index (χ0n) is 7.11. The van der Waals surface area contributed by atoms with Crippen LogP contribution in [0.2, 0.25) is 0 Å². The molecule has 1 aliphatic rings. The van der Waals surface area contributed by atoms with Crippen LogP contribution in [0.15, 0.2) is 16.9 Å². The summed E-state index contributed by atoms with van der Waals surface area (Å²) in [6.07, 6.45) is 4.62. The average Bonchev–Trinajstić information content (AvgIpc) is 2.31. The van der Waals surface area contributed by atoms with Crippen LogP contribution in [0.25, 0.3) is 0 Å². The minimum absolute atomic E-state index is 0.154. The molecule has 2 rings (SSSR count). The van der Waals surface area contributed by atoms with Crippen molar-refractivity contribution in [2.24, 2.45) is 0 Å². The van der Waals surface area contributed by atoms with E-state index < -0.39 is 0 Å². The number of rotatable bonds is 2. The van der Waals surface area contributed by atoms with Crippen LogP contribution in [0.5, 0.6) is 0 Å². The number of halogens is 1. The molecule has 1 fully saturated rings. The Labute approximate surface area is 84.6 Å². The lowest BCUT2D eigenvalue weighted by atomic mass is 10.2. The van der Waals surface area contributed by atoms with Crippen LogP contribution >= 0.6 is 15.9 Å². The van der Waals surface area contributed by atoms with Gasteiger partial charge in [-0.25, -0.2) is 0 Å². The molecule has 0 atom stereocenters. The van der Waals surface area contributed by atoms with Crippen molar-refractivity contribution in [3.63, 3.8) is 0 Å². The van der Waals surface area contributed by atoms with Crippen LogP contribution in [0.4, 0.5) is 0 Å². The summed E-state index contributed by atoms with van der Waals surface area (Å²) in [6.45, 7) is 2.16. The van der Waals surface area contributed by atoms with Crippen LogP contribution in [-0.2, 0) is 11.3 Å². The Hall–Kier alpha value is -0.840. The molecular formula is C8H10BrN3O. The number of hydrogen-bond donors (Lipinski definition) is 0. The molecule has 13 heavy (non-hydrogen) atoms. The van der Waals surface area contributed by atoms with Crippen LogP contribution in [-0.4, -0.2) is 33.7 Å². The van der Waals surface area contributed by atoms with Gasteiger partial charge in [-0.1, -0.05) is 0 Å². The summed E-state index contributed by atoms with van der Waals surface area (Å²) in [5, 5.41) is 4.02. The zero-order valence-corrected chi connectivity index (χ0v) is 8.70. The van der Waals surface area contributed by atoms with E-state index in [1.165, 1.54) is 0 Å². The summed E-state index contributed by atoms with van der Waals surface area (Å²) >= 11 is 3.28. The van der Waals surface area contributed by atoms with Gasteiger partial charge in [0.25, 0.3) is 0 Å². The molecule has 1 saturated heterocycles. The third-order valence-electron chi connectivity index (χ3n) is 2.11. The molecule has 0 N–H and O–H groups in total. The average molecular weight is 244 g/mol. The summed E-state index contributed by atoms with van der Waals surface area (Å²) in [7, 11) is 0. The van der Waals surface area contributed by atoms with Gasteiger partial charge in [-0.05, 0) is 22.4 Å². The highest BCUT2D eigenvalue weighted by Gasteiger charge is 2.20. The Morgan fingerprint density at radius 3 is 2.85 bits per heavy atom. The van der Waals surface area contributed by atoms with Crippen molar-refractivity contribution in [3.05, 3.63) is 16.9 Å². The second-order valence-corrected chi connectivity index (χ2v) is 4.01. The Morgan fingerprint density at radius 2 is 2.38 bits per heavy atom. The van der Waals surface area contributed by atoms with Gasteiger partial charge in [-0.3, -0.25) is 9.48 Å². The van der Waals surface area contributed by atoms with E-state index in [4.69, 9.17) is 0 Å². The molecule has 1 aromatic rings. The Bertz CT molecular complexity index is 319. The third-order valence-corrected chi connectivity index (χ3v) is 2.52. The Morgan fingerprint density at radius 1 is 1.62 bits per heavy atom. The summed E-state index contributed by atoms with van der Waals surface area (Å²) in [5.41, 5.74) is 0. The summed E-state index contributed by atoms with van der Waals surface area (Å²) in [4.78, 5) is 13.3. The predicted octanol–water partition coefficient (Wildman–Crippen LogP) is 0.878. The number of likely N-dealkylation sites (tertiary alicyclic amines) is 1. The number of carbonyl (C=O) groups is 1. The minimum atomic E-state index is 0.154. The highest BCUT2D eigenvalue weighted by atomic mass is 79.9. The van der Waals surface area contributed by atoms with E-state index in [-0.39, 0.29) is 5.91 Å². The van der Waals surface area contributed by atoms with E-state index in [2.05, 4.69) is 21.0 Å². The van der Waals surface area contributed by atoms with E-state index in [0.717, 1.165) is 24.0 Å². The largest absolute Gasteiger partial charge is 0.341 e. The first kappa shape index (κ1) is 8.74. The molecule has 1 aromatic heterocycles. The first-order chi connectivity index (χ1) is 6.25. The Kier molecular flexibility index (Phi) is 2.35. The quantitative estimate of drug-likeness (QED) is 0.774. The van der Waals surface area contributed by atoms with E-state index in [1.807, 2.05) is 4.90 Å². The molecule has 4 nitrogen and oxygen atoms in total. The van der Waals surface area contributed by atoms with Crippen molar-refractivity contribution in [1.29, 1.82) is 0 Å². The van der Waals surface area contributed by atoms with Crippen LogP contribution in [0.3, 0.4) is 0 Å². The van der Waals surface area contributed by atoms with Gasteiger partial charge in [-0.2, -0.15) is 5.10 Å². The topological polar surface area (TPSA) is 38.1 Å². The fourth-order valence-electron chi connectivity index (χ4n) is 1.23. The first-order valence-electron chi connectivity index (χ1n) is 4.21. The molecule has 1 aliphatic heterocycles. The molecule has 0 bridgehead atoms. The second-order valence-electron chi connectivity index (χ2n) is 3.09. The number of amides is 1.